The molecule has 0 saturated carbocycles. The lowest BCUT2D eigenvalue weighted by molar-refractivity contribution is 0.183. The van der Waals surface area contributed by atoms with Gasteiger partial charge in [0.2, 0.25) is 0 Å². The van der Waals surface area contributed by atoms with Gasteiger partial charge in [-0.3, -0.25) is 4.90 Å². The Morgan fingerprint density at radius 2 is 1.41 bits per heavy atom. The summed E-state index contributed by atoms with van der Waals surface area (Å²) in [7, 11) is 5.13. The van der Waals surface area contributed by atoms with Crippen LogP contribution in [0.3, 0.4) is 0 Å². The van der Waals surface area contributed by atoms with Crippen molar-refractivity contribution < 1.29 is 14.2 Å². The van der Waals surface area contributed by atoms with Crippen molar-refractivity contribution in [3.8, 4) is 17.2 Å². The van der Waals surface area contributed by atoms with Crippen LogP contribution in [0.2, 0.25) is 0 Å². The molecule has 0 fully saturated rings. The quantitative estimate of drug-likeness (QED) is 0.665. The van der Waals surface area contributed by atoms with E-state index >= 15 is 0 Å². The maximum atomic E-state index is 5.69. The number of benzene rings is 3. The van der Waals surface area contributed by atoms with Gasteiger partial charge in [0.05, 0.1) is 26.7 Å². The Bertz CT molecular complexity index is 1060. The molecule has 148 valence electrons. The Morgan fingerprint density at radius 1 is 0.724 bits per heavy atom. The summed E-state index contributed by atoms with van der Waals surface area (Å²) in [6, 6.07) is 21.6. The highest BCUT2D eigenvalue weighted by atomic mass is 16.5. The molecule has 0 saturated heterocycles. The zero-order valence-corrected chi connectivity index (χ0v) is 17.1. The van der Waals surface area contributed by atoms with E-state index in [4.69, 9.17) is 14.2 Å². The molecule has 4 nitrogen and oxygen atoms in total. The third-order valence-electron chi connectivity index (χ3n) is 6.36. The zero-order chi connectivity index (χ0) is 20.0. The lowest BCUT2D eigenvalue weighted by Crippen LogP contribution is -2.50. The van der Waals surface area contributed by atoms with Gasteiger partial charge in [0.15, 0.2) is 11.5 Å². The zero-order valence-electron chi connectivity index (χ0n) is 17.1. The summed E-state index contributed by atoms with van der Waals surface area (Å²) in [5, 5.41) is 0. The van der Waals surface area contributed by atoms with E-state index in [9.17, 15) is 0 Å². The molecule has 2 aliphatic rings. The molecule has 0 N–H and O–H groups in total. The summed E-state index contributed by atoms with van der Waals surface area (Å²) in [6.07, 6.45) is 0. The molecule has 2 unspecified atom stereocenters. The van der Waals surface area contributed by atoms with Crippen LogP contribution < -0.4 is 14.2 Å². The average Bonchev–Trinajstić information content (AvgIpc) is 2.78. The summed E-state index contributed by atoms with van der Waals surface area (Å²) in [5.41, 5.74) is 6.29. The molecule has 2 atom stereocenters. The van der Waals surface area contributed by atoms with Gasteiger partial charge < -0.3 is 14.2 Å². The molecule has 2 bridgehead atoms. The van der Waals surface area contributed by atoms with Crippen LogP contribution in [0.25, 0.3) is 0 Å². The van der Waals surface area contributed by atoms with E-state index in [1.807, 2.05) is 0 Å². The van der Waals surface area contributed by atoms with Gasteiger partial charge in [-0.05, 0) is 52.1 Å². The minimum Gasteiger partial charge on any atom is -0.497 e. The summed E-state index contributed by atoms with van der Waals surface area (Å²) < 4.78 is 16.8. The second-order valence-corrected chi connectivity index (χ2v) is 7.80. The summed E-state index contributed by atoms with van der Waals surface area (Å²) in [4.78, 5) is 2.52. The number of hydrogen-bond donors (Lipinski definition) is 0. The predicted octanol–water partition coefficient (Wildman–Crippen LogP) is 4.38. The van der Waals surface area contributed by atoms with Crippen molar-refractivity contribution in [1.82, 2.24) is 4.90 Å². The highest BCUT2D eigenvalue weighted by Gasteiger charge is 2.47. The van der Waals surface area contributed by atoms with E-state index < -0.39 is 0 Å². The first-order chi connectivity index (χ1) is 14.2. The molecule has 0 amide bonds. The third-order valence-corrected chi connectivity index (χ3v) is 6.36. The van der Waals surface area contributed by atoms with E-state index in [1.165, 1.54) is 27.8 Å². The highest BCUT2D eigenvalue weighted by Crippen LogP contribution is 2.51. The van der Waals surface area contributed by atoms with Gasteiger partial charge in [-0.15, -0.1) is 0 Å². The SMILES string of the molecule is COc1ccc2c(c1)CN1Cc3cc(OC)c(OC)cc3C2(c2ccccc2)C1. The van der Waals surface area contributed by atoms with Crippen LogP contribution in [0.15, 0.2) is 60.7 Å². The molecule has 29 heavy (non-hydrogen) atoms. The molecule has 3 aromatic carbocycles. The number of methoxy groups -OCH3 is 3. The molecule has 2 aliphatic heterocycles. The minimum atomic E-state index is -0.256. The van der Waals surface area contributed by atoms with Crippen LogP contribution >= 0.6 is 0 Å². The summed E-state index contributed by atoms with van der Waals surface area (Å²) in [6.45, 7) is 2.74. The van der Waals surface area contributed by atoms with Crippen LogP contribution in [0.1, 0.15) is 27.8 Å². The van der Waals surface area contributed by atoms with Crippen molar-refractivity contribution in [1.29, 1.82) is 0 Å². The van der Waals surface area contributed by atoms with Gasteiger partial charge in [0.1, 0.15) is 5.75 Å². The monoisotopic (exact) mass is 387 g/mol. The number of rotatable bonds is 4. The van der Waals surface area contributed by atoms with E-state index in [1.54, 1.807) is 21.3 Å². The molecule has 0 aliphatic carbocycles. The normalized spacial score (nSPS) is 21.7. The second-order valence-electron chi connectivity index (χ2n) is 7.80. The Morgan fingerprint density at radius 3 is 2.10 bits per heavy atom. The van der Waals surface area contributed by atoms with Crippen molar-refractivity contribution in [3.05, 3.63) is 88.5 Å². The van der Waals surface area contributed by atoms with Crippen LogP contribution in [0.4, 0.5) is 0 Å². The molecule has 4 heteroatoms. The van der Waals surface area contributed by atoms with Crippen LogP contribution in [0, 0.1) is 0 Å². The molecule has 0 aromatic heterocycles. The van der Waals surface area contributed by atoms with Gasteiger partial charge in [0, 0.05) is 19.6 Å². The first-order valence-corrected chi connectivity index (χ1v) is 9.90. The first-order valence-electron chi connectivity index (χ1n) is 9.90. The Kier molecular flexibility index (Phi) is 4.25. The second kappa shape index (κ2) is 6.82. The van der Waals surface area contributed by atoms with Crippen molar-refractivity contribution >= 4 is 0 Å². The molecular weight excluding hydrogens is 362 g/mol. The minimum absolute atomic E-state index is 0.256. The lowest BCUT2D eigenvalue weighted by Gasteiger charge is -2.50. The molecule has 0 spiro atoms. The maximum Gasteiger partial charge on any atom is 0.161 e. The fraction of sp³-hybridized carbons (Fsp3) is 0.280. The molecular formula is C25H25NO3. The van der Waals surface area contributed by atoms with E-state index in [0.29, 0.717) is 0 Å². The van der Waals surface area contributed by atoms with Gasteiger partial charge in [-0.2, -0.15) is 0 Å². The van der Waals surface area contributed by atoms with Crippen LogP contribution in [-0.2, 0) is 18.5 Å². The first kappa shape index (κ1) is 18.1. The Labute approximate surface area is 171 Å². The van der Waals surface area contributed by atoms with E-state index in [2.05, 4.69) is 65.6 Å². The number of hydrogen-bond acceptors (Lipinski definition) is 4. The predicted molar refractivity (Wildman–Crippen MR) is 113 cm³/mol. The molecule has 0 radical (unpaired) electrons. The number of ether oxygens (including phenoxy) is 3. The summed E-state index contributed by atoms with van der Waals surface area (Å²) in [5.74, 6) is 2.46. The van der Waals surface area contributed by atoms with Gasteiger partial charge in [-0.1, -0.05) is 36.4 Å². The fourth-order valence-electron chi connectivity index (χ4n) is 5.12. The van der Waals surface area contributed by atoms with Crippen LogP contribution in [-0.4, -0.2) is 32.8 Å². The number of fused-ring (bicyclic) bond motifs is 6. The van der Waals surface area contributed by atoms with E-state index in [-0.39, 0.29) is 5.41 Å². The van der Waals surface area contributed by atoms with Crippen molar-refractivity contribution in [3.63, 3.8) is 0 Å². The maximum absolute atomic E-state index is 5.69. The summed E-state index contributed by atoms with van der Waals surface area (Å²) >= 11 is 0. The van der Waals surface area contributed by atoms with Gasteiger partial charge in [0.25, 0.3) is 0 Å². The molecule has 3 aromatic rings. The van der Waals surface area contributed by atoms with Crippen LogP contribution in [0.5, 0.6) is 17.2 Å². The lowest BCUT2D eigenvalue weighted by atomic mass is 9.63. The van der Waals surface area contributed by atoms with Crippen molar-refractivity contribution in [2.45, 2.75) is 18.5 Å². The average molecular weight is 387 g/mol. The Hall–Kier alpha value is -2.98. The highest BCUT2D eigenvalue weighted by molar-refractivity contribution is 5.62. The molecule has 2 heterocycles. The fourth-order valence-corrected chi connectivity index (χ4v) is 5.12. The topological polar surface area (TPSA) is 30.9 Å². The Balaban J connectivity index is 1.84. The van der Waals surface area contributed by atoms with Crippen molar-refractivity contribution in [2.24, 2.45) is 0 Å². The van der Waals surface area contributed by atoms with Crippen molar-refractivity contribution in [2.75, 3.05) is 27.9 Å². The van der Waals surface area contributed by atoms with Gasteiger partial charge >= 0.3 is 0 Å². The number of nitrogens with zero attached hydrogens (tertiary/aromatic N) is 1. The largest absolute Gasteiger partial charge is 0.497 e. The molecule has 5 rings (SSSR count). The third kappa shape index (κ3) is 2.63. The smallest absolute Gasteiger partial charge is 0.161 e. The standard InChI is InChI=1S/C25H25NO3/c1-27-20-9-10-21-17(11-20)14-26-15-18-12-23(28-2)24(29-3)13-22(18)25(21,16-26)19-7-5-4-6-8-19/h4-13H,14-16H2,1-3H3. The van der Waals surface area contributed by atoms with E-state index in [0.717, 1.165) is 36.9 Å². The van der Waals surface area contributed by atoms with Gasteiger partial charge in [-0.25, -0.2) is 0 Å².